The van der Waals surface area contributed by atoms with E-state index in [1.54, 1.807) is 42.5 Å². The first-order valence-corrected chi connectivity index (χ1v) is 9.79. The lowest BCUT2D eigenvalue weighted by atomic mass is 10.2. The molecule has 0 radical (unpaired) electrons. The van der Waals surface area contributed by atoms with Gasteiger partial charge < -0.3 is 14.2 Å². The van der Waals surface area contributed by atoms with E-state index < -0.39 is 11.8 Å². The largest absolute Gasteiger partial charge is 0.493 e. The Balaban J connectivity index is 1.53. The van der Waals surface area contributed by atoms with Crippen LogP contribution in [0.15, 0.2) is 72.8 Å². The van der Waals surface area contributed by atoms with Gasteiger partial charge in [-0.15, -0.1) is 0 Å². The van der Waals surface area contributed by atoms with Crippen LogP contribution in [0.5, 0.6) is 17.2 Å². The number of benzene rings is 3. The zero-order valence-electron chi connectivity index (χ0n) is 17.4. The molecule has 0 aromatic heterocycles. The third-order valence-electron chi connectivity index (χ3n) is 4.38. The molecule has 0 aliphatic rings. The van der Waals surface area contributed by atoms with E-state index in [0.29, 0.717) is 41.6 Å². The Labute approximate surface area is 180 Å². The molecular weight excluding hydrogens is 396 g/mol. The maximum atomic E-state index is 12.3. The lowest BCUT2D eigenvalue weighted by Gasteiger charge is -2.12. The van der Waals surface area contributed by atoms with Gasteiger partial charge in [-0.25, -0.2) is 0 Å². The second-order valence-corrected chi connectivity index (χ2v) is 6.51. The quantitative estimate of drug-likeness (QED) is 0.542. The molecular formula is C24H24N2O5. The number of hydrogen-bond donors (Lipinski definition) is 2. The maximum absolute atomic E-state index is 12.3. The van der Waals surface area contributed by atoms with Crippen LogP contribution in [0, 0.1) is 0 Å². The lowest BCUT2D eigenvalue weighted by molar-refractivity contribution is 0.0846. The van der Waals surface area contributed by atoms with Crippen molar-refractivity contribution in [2.24, 2.45) is 0 Å². The molecule has 0 fully saturated rings. The van der Waals surface area contributed by atoms with Crippen molar-refractivity contribution in [3.8, 4) is 17.2 Å². The first kappa shape index (κ1) is 21.7. The van der Waals surface area contributed by atoms with Gasteiger partial charge in [-0.2, -0.15) is 0 Å². The number of nitrogens with one attached hydrogen (secondary N) is 2. The van der Waals surface area contributed by atoms with Crippen molar-refractivity contribution in [2.45, 2.75) is 13.5 Å². The maximum Gasteiger partial charge on any atom is 0.269 e. The molecule has 0 saturated carbocycles. The molecule has 0 heterocycles. The third-order valence-corrected chi connectivity index (χ3v) is 4.38. The minimum absolute atomic E-state index is 0.324. The van der Waals surface area contributed by atoms with Gasteiger partial charge in [0.05, 0.1) is 13.7 Å². The molecule has 31 heavy (non-hydrogen) atoms. The predicted molar refractivity (Wildman–Crippen MR) is 116 cm³/mol. The minimum atomic E-state index is -0.475. The molecule has 0 spiro atoms. The van der Waals surface area contributed by atoms with Gasteiger partial charge in [-0.05, 0) is 55.0 Å². The fraction of sp³-hybridized carbons (Fsp3) is 0.167. The standard InChI is InChI=1S/C24H24N2O5/c1-3-30-21-14-11-19(15-22(21)29-2)24(28)26-25-23(27)18-9-12-20(13-10-18)31-16-17-7-5-4-6-8-17/h4-15H,3,16H2,1-2H3,(H,25,27)(H,26,28). The number of carbonyl (C=O) groups excluding carboxylic acids is 2. The van der Waals surface area contributed by atoms with E-state index in [0.717, 1.165) is 5.56 Å². The summed E-state index contributed by atoms with van der Waals surface area (Å²) in [5, 5.41) is 0. The molecule has 3 rings (SSSR count). The fourth-order valence-electron chi connectivity index (χ4n) is 2.78. The molecule has 2 N–H and O–H groups in total. The number of methoxy groups -OCH3 is 1. The molecule has 0 bridgehead atoms. The molecule has 2 amide bonds. The summed E-state index contributed by atoms with van der Waals surface area (Å²) in [5.74, 6) is 0.705. The molecule has 0 saturated heterocycles. The summed E-state index contributed by atoms with van der Waals surface area (Å²) in [7, 11) is 1.49. The van der Waals surface area contributed by atoms with Crippen LogP contribution in [-0.2, 0) is 6.61 Å². The highest BCUT2D eigenvalue weighted by Gasteiger charge is 2.13. The fourth-order valence-corrected chi connectivity index (χ4v) is 2.78. The summed E-state index contributed by atoms with van der Waals surface area (Å²) >= 11 is 0. The third kappa shape index (κ3) is 5.99. The van der Waals surface area contributed by atoms with Gasteiger partial charge in [0.2, 0.25) is 0 Å². The van der Waals surface area contributed by atoms with Gasteiger partial charge in [-0.1, -0.05) is 30.3 Å². The summed E-state index contributed by atoms with van der Waals surface area (Å²) in [4.78, 5) is 24.7. The van der Waals surface area contributed by atoms with E-state index in [4.69, 9.17) is 14.2 Å². The van der Waals surface area contributed by atoms with E-state index in [2.05, 4.69) is 10.9 Å². The van der Waals surface area contributed by atoms with E-state index in [1.807, 2.05) is 37.3 Å². The zero-order valence-corrected chi connectivity index (χ0v) is 17.4. The van der Waals surface area contributed by atoms with Crippen LogP contribution >= 0.6 is 0 Å². The Morgan fingerprint density at radius 2 is 1.42 bits per heavy atom. The molecule has 7 heteroatoms. The van der Waals surface area contributed by atoms with Crippen molar-refractivity contribution in [3.63, 3.8) is 0 Å². The number of ether oxygens (including phenoxy) is 3. The van der Waals surface area contributed by atoms with Gasteiger partial charge in [-0.3, -0.25) is 20.4 Å². The Hall–Kier alpha value is -4.00. The molecule has 0 aliphatic carbocycles. The number of rotatable bonds is 8. The van der Waals surface area contributed by atoms with Crippen molar-refractivity contribution in [3.05, 3.63) is 89.5 Å². The topological polar surface area (TPSA) is 85.9 Å². The van der Waals surface area contributed by atoms with Crippen LogP contribution in [0.3, 0.4) is 0 Å². The number of amides is 2. The first-order chi connectivity index (χ1) is 15.1. The Kier molecular flexibility index (Phi) is 7.48. The number of hydrogen-bond acceptors (Lipinski definition) is 5. The van der Waals surface area contributed by atoms with Gasteiger partial charge >= 0.3 is 0 Å². The van der Waals surface area contributed by atoms with Crippen LogP contribution in [-0.4, -0.2) is 25.5 Å². The molecule has 0 unspecified atom stereocenters. The van der Waals surface area contributed by atoms with E-state index in [1.165, 1.54) is 7.11 Å². The zero-order chi connectivity index (χ0) is 22.1. The molecule has 3 aromatic rings. The van der Waals surface area contributed by atoms with Crippen LogP contribution < -0.4 is 25.1 Å². The second-order valence-electron chi connectivity index (χ2n) is 6.51. The Morgan fingerprint density at radius 3 is 2.06 bits per heavy atom. The Morgan fingerprint density at radius 1 is 0.774 bits per heavy atom. The highest BCUT2D eigenvalue weighted by molar-refractivity contribution is 5.99. The Bertz CT molecular complexity index is 1020. The highest BCUT2D eigenvalue weighted by Crippen LogP contribution is 2.27. The van der Waals surface area contributed by atoms with E-state index in [-0.39, 0.29) is 0 Å². The average Bonchev–Trinajstić information content (AvgIpc) is 2.82. The molecule has 7 nitrogen and oxygen atoms in total. The SMILES string of the molecule is CCOc1ccc(C(=O)NNC(=O)c2ccc(OCc3ccccc3)cc2)cc1OC. The van der Waals surface area contributed by atoms with Crippen molar-refractivity contribution in [1.82, 2.24) is 10.9 Å². The van der Waals surface area contributed by atoms with Gasteiger partial charge in [0.15, 0.2) is 11.5 Å². The van der Waals surface area contributed by atoms with E-state index in [9.17, 15) is 9.59 Å². The average molecular weight is 420 g/mol. The smallest absolute Gasteiger partial charge is 0.269 e. The van der Waals surface area contributed by atoms with Crippen LogP contribution in [0.4, 0.5) is 0 Å². The van der Waals surface area contributed by atoms with Gasteiger partial charge in [0.1, 0.15) is 12.4 Å². The lowest BCUT2D eigenvalue weighted by Crippen LogP contribution is -2.41. The second kappa shape index (κ2) is 10.7. The van der Waals surface area contributed by atoms with Crippen LogP contribution in [0.2, 0.25) is 0 Å². The summed E-state index contributed by atoms with van der Waals surface area (Å²) in [6, 6.07) is 21.2. The minimum Gasteiger partial charge on any atom is -0.493 e. The first-order valence-electron chi connectivity index (χ1n) is 9.79. The summed E-state index contributed by atoms with van der Waals surface area (Å²) in [6.45, 7) is 2.78. The normalized spacial score (nSPS) is 10.1. The van der Waals surface area contributed by atoms with Crippen LogP contribution in [0.1, 0.15) is 33.2 Å². The molecule has 0 aliphatic heterocycles. The van der Waals surface area contributed by atoms with Crippen molar-refractivity contribution >= 4 is 11.8 Å². The van der Waals surface area contributed by atoms with Gasteiger partial charge in [0.25, 0.3) is 11.8 Å². The predicted octanol–water partition coefficient (Wildman–Crippen LogP) is 3.75. The van der Waals surface area contributed by atoms with Crippen molar-refractivity contribution in [2.75, 3.05) is 13.7 Å². The number of carbonyl (C=O) groups is 2. The van der Waals surface area contributed by atoms with E-state index >= 15 is 0 Å². The highest BCUT2D eigenvalue weighted by atomic mass is 16.5. The molecule has 0 atom stereocenters. The van der Waals surface area contributed by atoms with Crippen molar-refractivity contribution in [1.29, 1.82) is 0 Å². The number of hydrazine groups is 1. The molecule has 3 aromatic carbocycles. The molecule has 160 valence electrons. The monoisotopic (exact) mass is 420 g/mol. The van der Waals surface area contributed by atoms with Crippen molar-refractivity contribution < 1.29 is 23.8 Å². The summed E-state index contributed by atoms with van der Waals surface area (Å²) < 4.78 is 16.4. The van der Waals surface area contributed by atoms with Gasteiger partial charge in [0, 0.05) is 11.1 Å². The summed E-state index contributed by atoms with van der Waals surface area (Å²) in [6.07, 6.45) is 0. The van der Waals surface area contributed by atoms with Crippen LogP contribution in [0.25, 0.3) is 0 Å². The summed E-state index contributed by atoms with van der Waals surface area (Å²) in [5.41, 5.74) is 6.56.